The van der Waals surface area contributed by atoms with E-state index in [1.54, 1.807) is 0 Å². The first kappa shape index (κ1) is 14.7. The van der Waals surface area contributed by atoms with Crippen LogP contribution in [0.4, 0.5) is 0 Å². The van der Waals surface area contributed by atoms with Gasteiger partial charge in [0.2, 0.25) is 0 Å². The quantitative estimate of drug-likeness (QED) is 0.456. The first-order valence-corrected chi connectivity index (χ1v) is 3.40. The molecule has 60 valence electrons. The summed E-state index contributed by atoms with van der Waals surface area (Å²) in [6, 6.07) is 11.0. The SMILES string of the molecule is CC(C)=Cc1c[c-]ccc1.[Br-].[Mg+2]. The Morgan fingerprint density at radius 3 is 2.50 bits per heavy atom. The predicted octanol–water partition coefficient (Wildman–Crippen LogP) is -0.467. The fraction of sp³-hybridized carbons (Fsp3) is 0.200. The third-order valence-corrected chi connectivity index (χ3v) is 1.19. The molecular formula is C10H11BrMg. The molecule has 0 nitrogen and oxygen atoms in total. The minimum Gasteiger partial charge on any atom is -1.00 e. The van der Waals surface area contributed by atoms with Crippen molar-refractivity contribution in [3.63, 3.8) is 0 Å². The molecule has 1 aromatic rings. The Morgan fingerprint density at radius 1 is 1.42 bits per heavy atom. The molecule has 0 aliphatic carbocycles. The molecule has 0 unspecified atom stereocenters. The summed E-state index contributed by atoms with van der Waals surface area (Å²) in [6.45, 7) is 4.18. The first-order chi connectivity index (χ1) is 4.79. The van der Waals surface area contributed by atoms with Crippen LogP contribution in [0.3, 0.4) is 0 Å². The molecular weight excluding hydrogens is 224 g/mol. The summed E-state index contributed by atoms with van der Waals surface area (Å²) in [5, 5.41) is 0. The van der Waals surface area contributed by atoms with E-state index in [2.05, 4.69) is 32.1 Å². The van der Waals surface area contributed by atoms with Gasteiger partial charge < -0.3 is 17.0 Å². The Kier molecular flexibility index (Phi) is 9.61. The summed E-state index contributed by atoms with van der Waals surface area (Å²) in [7, 11) is 0. The summed E-state index contributed by atoms with van der Waals surface area (Å²) in [5.41, 5.74) is 2.54. The van der Waals surface area contributed by atoms with E-state index < -0.39 is 0 Å². The van der Waals surface area contributed by atoms with E-state index in [1.807, 2.05) is 18.2 Å². The van der Waals surface area contributed by atoms with Crippen LogP contribution in [-0.4, -0.2) is 23.1 Å². The fourth-order valence-corrected chi connectivity index (χ4v) is 0.830. The smallest absolute Gasteiger partial charge is 1.00 e. The predicted molar refractivity (Wildman–Crippen MR) is 50.4 cm³/mol. The van der Waals surface area contributed by atoms with Gasteiger partial charge in [-0.3, -0.25) is 0 Å². The summed E-state index contributed by atoms with van der Waals surface area (Å²) in [6.07, 6.45) is 2.14. The number of hydrogen-bond acceptors (Lipinski definition) is 0. The molecule has 0 saturated heterocycles. The van der Waals surface area contributed by atoms with Gasteiger partial charge in [0.15, 0.2) is 0 Å². The Balaban J connectivity index is 0. The molecule has 0 bridgehead atoms. The second kappa shape index (κ2) is 7.83. The van der Waals surface area contributed by atoms with Gasteiger partial charge in [-0.1, -0.05) is 5.57 Å². The molecule has 0 saturated carbocycles. The van der Waals surface area contributed by atoms with Crippen molar-refractivity contribution in [1.82, 2.24) is 0 Å². The third kappa shape index (κ3) is 5.81. The zero-order valence-corrected chi connectivity index (χ0v) is 10.5. The van der Waals surface area contributed by atoms with Crippen molar-refractivity contribution in [2.24, 2.45) is 0 Å². The Hall–Kier alpha value is 0.206. The number of hydrogen-bond donors (Lipinski definition) is 0. The van der Waals surface area contributed by atoms with Gasteiger partial charge in [0.05, 0.1) is 0 Å². The molecule has 0 atom stereocenters. The van der Waals surface area contributed by atoms with Crippen molar-refractivity contribution < 1.29 is 17.0 Å². The minimum absolute atomic E-state index is 0. The maximum Gasteiger partial charge on any atom is 2.00 e. The molecule has 0 aliphatic heterocycles. The van der Waals surface area contributed by atoms with Crippen LogP contribution < -0.4 is 17.0 Å². The second-order valence-electron chi connectivity index (χ2n) is 2.56. The van der Waals surface area contributed by atoms with Crippen LogP contribution in [0.1, 0.15) is 19.4 Å². The molecule has 0 amide bonds. The standard InChI is InChI=1S/C10H11.BrH.Mg/c1-9(2)8-10-6-4-3-5-7-10;;/h3-4,6-8H,1-2H3;1H;/q-1;;+2/p-1. The average molecular weight is 235 g/mol. The molecule has 2 heteroatoms. The normalized spacial score (nSPS) is 7.50. The van der Waals surface area contributed by atoms with Crippen molar-refractivity contribution in [2.45, 2.75) is 13.8 Å². The molecule has 1 aromatic carbocycles. The Morgan fingerprint density at radius 2 is 2.08 bits per heavy atom. The first-order valence-electron chi connectivity index (χ1n) is 3.40. The van der Waals surface area contributed by atoms with Crippen molar-refractivity contribution >= 4 is 29.1 Å². The van der Waals surface area contributed by atoms with Gasteiger partial charge in [-0.25, -0.2) is 0 Å². The van der Waals surface area contributed by atoms with Gasteiger partial charge in [0.1, 0.15) is 0 Å². The van der Waals surface area contributed by atoms with Crippen molar-refractivity contribution in [3.8, 4) is 0 Å². The van der Waals surface area contributed by atoms with Crippen molar-refractivity contribution in [1.29, 1.82) is 0 Å². The van der Waals surface area contributed by atoms with Crippen LogP contribution in [0.15, 0.2) is 29.8 Å². The topological polar surface area (TPSA) is 0 Å². The van der Waals surface area contributed by atoms with Crippen molar-refractivity contribution in [2.75, 3.05) is 0 Å². The van der Waals surface area contributed by atoms with Crippen LogP contribution in [0.2, 0.25) is 0 Å². The minimum atomic E-state index is 0. The van der Waals surface area contributed by atoms with Crippen LogP contribution in [0, 0.1) is 6.07 Å². The molecule has 12 heavy (non-hydrogen) atoms. The van der Waals surface area contributed by atoms with E-state index >= 15 is 0 Å². The molecule has 0 heterocycles. The largest absolute Gasteiger partial charge is 2.00 e. The van der Waals surface area contributed by atoms with E-state index in [1.165, 1.54) is 11.1 Å². The molecule has 0 radical (unpaired) electrons. The second-order valence-corrected chi connectivity index (χ2v) is 2.56. The summed E-state index contributed by atoms with van der Waals surface area (Å²) < 4.78 is 0. The summed E-state index contributed by atoms with van der Waals surface area (Å²) in [4.78, 5) is 0. The van der Waals surface area contributed by atoms with Crippen LogP contribution in [0.25, 0.3) is 6.08 Å². The van der Waals surface area contributed by atoms with Gasteiger partial charge in [0, 0.05) is 0 Å². The van der Waals surface area contributed by atoms with Crippen LogP contribution in [-0.2, 0) is 0 Å². The number of benzene rings is 1. The van der Waals surface area contributed by atoms with Gasteiger partial charge in [-0.15, -0.1) is 11.6 Å². The maximum atomic E-state index is 3.02. The number of allylic oxidation sites excluding steroid dienone is 1. The fourth-order valence-electron chi connectivity index (χ4n) is 0.830. The number of rotatable bonds is 1. The van der Waals surface area contributed by atoms with Gasteiger partial charge in [-0.05, 0) is 13.8 Å². The average Bonchev–Trinajstić information content (AvgIpc) is 1.88. The molecule has 0 N–H and O–H groups in total. The third-order valence-electron chi connectivity index (χ3n) is 1.19. The van der Waals surface area contributed by atoms with E-state index in [-0.39, 0.29) is 40.0 Å². The zero-order chi connectivity index (χ0) is 7.40. The number of halogens is 1. The Labute approximate surface area is 101 Å². The van der Waals surface area contributed by atoms with Crippen LogP contribution in [0.5, 0.6) is 0 Å². The summed E-state index contributed by atoms with van der Waals surface area (Å²) in [5.74, 6) is 0. The monoisotopic (exact) mass is 234 g/mol. The van der Waals surface area contributed by atoms with Crippen molar-refractivity contribution in [3.05, 3.63) is 41.5 Å². The molecule has 0 fully saturated rings. The van der Waals surface area contributed by atoms with Gasteiger partial charge in [0.25, 0.3) is 0 Å². The molecule has 0 aromatic heterocycles. The Bertz CT molecular complexity index is 225. The van der Waals surface area contributed by atoms with Crippen LogP contribution >= 0.6 is 0 Å². The summed E-state index contributed by atoms with van der Waals surface area (Å²) >= 11 is 0. The van der Waals surface area contributed by atoms with E-state index in [0.29, 0.717) is 0 Å². The van der Waals surface area contributed by atoms with Gasteiger partial charge >= 0.3 is 23.1 Å². The maximum absolute atomic E-state index is 3.02. The molecule has 1 rings (SSSR count). The van der Waals surface area contributed by atoms with E-state index in [0.717, 1.165) is 0 Å². The molecule has 0 aliphatic rings. The van der Waals surface area contributed by atoms with E-state index in [9.17, 15) is 0 Å². The zero-order valence-electron chi connectivity index (χ0n) is 7.47. The van der Waals surface area contributed by atoms with Gasteiger partial charge in [-0.2, -0.15) is 30.3 Å². The molecule has 0 spiro atoms. The van der Waals surface area contributed by atoms with E-state index in [4.69, 9.17) is 0 Å².